The fourth-order valence-electron chi connectivity index (χ4n) is 4.21. The Hall–Kier alpha value is -2.48. The van der Waals surface area contributed by atoms with Crippen LogP contribution >= 0.6 is 0 Å². The molecule has 1 unspecified atom stereocenters. The summed E-state index contributed by atoms with van der Waals surface area (Å²) in [5.74, 6) is 0.897. The lowest BCUT2D eigenvalue weighted by molar-refractivity contribution is -0.0826. The first-order valence-electron chi connectivity index (χ1n) is 9.42. The second-order valence-electron chi connectivity index (χ2n) is 7.37. The quantitative estimate of drug-likeness (QED) is 0.811. The normalized spacial score (nSPS) is 22.0. The number of nitrogens with zero attached hydrogens (tertiary/aromatic N) is 5. The highest BCUT2D eigenvalue weighted by Crippen LogP contribution is 2.45. The van der Waals surface area contributed by atoms with Crippen molar-refractivity contribution in [2.24, 2.45) is 18.4 Å². The molecular formula is C19H25N5O3. The van der Waals surface area contributed by atoms with Crippen LogP contribution in [0.5, 0.6) is 5.88 Å². The lowest BCUT2D eigenvalue weighted by Crippen LogP contribution is -2.51. The second kappa shape index (κ2) is 7.64. The fraction of sp³-hybridized carbons (Fsp3) is 0.579. The summed E-state index contributed by atoms with van der Waals surface area (Å²) < 4.78 is 13.3. The van der Waals surface area contributed by atoms with Gasteiger partial charge in [-0.2, -0.15) is 5.10 Å². The number of rotatable bonds is 4. The summed E-state index contributed by atoms with van der Waals surface area (Å²) >= 11 is 0. The minimum atomic E-state index is 0.0595. The molecule has 0 saturated carbocycles. The van der Waals surface area contributed by atoms with Gasteiger partial charge in [-0.3, -0.25) is 14.5 Å². The summed E-state index contributed by atoms with van der Waals surface area (Å²) in [5, 5.41) is 4.11. The zero-order valence-corrected chi connectivity index (χ0v) is 15.6. The molecule has 0 N–H and O–H groups in total. The van der Waals surface area contributed by atoms with Crippen molar-refractivity contribution in [1.29, 1.82) is 0 Å². The van der Waals surface area contributed by atoms with E-state index in [0.29, 0.717) is 30.7 Å². The number of hydrogen-bond donors (Lipinski definition) is 0. The van der Waals surface area contributed by atoms with Crippen LogP contribution in [0.3, 0.4) is 0 Å². The van der Waals surface area contributed by atoms with Gasteiger partial charge in [0.05, 0.1) is 19.4 Å². The zero-order chi connectivity index (χ0) is 18.7. The van der Waals surface area contributed by atoms with Gasteiger partial charge in [-0.15, -0.1) is 0 Å². The van der Waals surface area contributed by atoms with Crippen LogP contribution in [-0.2, 0) is 11.8 Å². The number of carbonyl (C=O) groups is 1. The lowest BCUT2D eigenvalue weighted by atomic mass is 9.66. The van der Waals surface area contributed by atoms with Crippen LogP contribution in [0.15, 0.2) is 30.9 Å². The fourth-order valence-corrected chi connectivity index (χ4v) is 4.21. The molecule has 0 aromatic carbocycles. The Balaban J connectivity index is 1.40. The van der Waals surface area contributed by atoms with E-state index in [9.17, 15) is 4.79 Å². The molecule has 2 saturated heterocycles. The molecule has 2 aromatic rings. The first-order valence-corrected chi connectivity index (χ1v) is 9.42. The van der Waals surface area contributed by atoms with Crippen molar-refractivity contribution in [3.63, 3.8) is 0 Å². The third-order valence-corrected chi connectivity index (χ3v) is 5.99. The van der Waals surface area contributed by atoms with E-state index in [2.05, 4.69) is 15.1 Å². The molecule has 2 fully saturated rings. The standard InChI is InChI=1S/C19H25N5O3/c1-23-16(2-6-22-23)18(25)24-9-3-19(4-10-24)5-11-26-13-15(19)14-27-17-12-20-7-8-21-17/h2,6-8,12,15H,3-5,9-11,13-14H2,1H3. The summed E-state index contributed by atoms with van der Waals surface area (Å²) in [7, 11) is 1.80. The van der Waals surface area contributed by atoms with Gasteiger partial charge in [0.15, 0.2) is 0 Å². The van der Waals surface area contributed by atoms with Gasteiger partial charge < -0.3 is 14.4 Å². The van der Waals surface area contributed by atoms with Crippen LogP contribution in [0, 0.1) is 11.3 Å². The van der Waals surface area contributed by atoms with E-state index < -0.39 is 0 Å². The SMILES string of the molecule is Cn1nccc1C(=O)N1CCC2(CCOCC2COc2cnccn2)CC1. The van der Waals surface area contributed by atoms with Gasteiger partial charge in [-0.25, -0.2) is 4.98 Å². The number of ether oxygens (including phenoxy) is 2. The van der Waals surface area contributed by atoms with Crippen LogP contribution < -0.4 is 4.74 Å². The van der Waals surface area contributed by atoms with Crippen LogP contribution in [0.2, 0.25) is 0 Å². The van der Waals surface area contributed by atoms with Crippen LogP contribution in [-0.4, -0.2) is 63.5 Å². The van der Waals surface area contributed by atoms with Gasteiger partial charge in [0, 0.05) is 51.3 Å². The first-order chi connectivity index (χ1) is 13.2. The molecule has 2 aliphatic heterocycles. The van der Waals surface area contributed by atoms with E-state index in [1.54, 1.807) is 42.6 Å². The average Bonchev–Trinajstić information content (AvgIpc) is 3.14. The van der Waals surface area contributed by atoms with Crippen LogP contribution in [0.1, 0.15) is 29.8 Å². The molecule has 27 heavy (non-hydrogen) atoms. The number of aryl methyl sites for hydroxylation is 1. The number of piperidine rings is 1. The third-order valence-electron chi connectivity index (χ3n) is 5.99. The molecule has 1 spiro atoms. The highest BCUT2D eigenvalue weighted by molar-refractivity contribution is 5.92. The molecule has 1 atom stereocenters. The molecular weight excluding hydrogens is 346 g/mol. The third kappa shape index (κ3) is 3.66. The molecule has 144 valence electrons. The average molecular weight is 371 g/mol. The molecule has 4 rings (SSSR count). The van der Waals surface area contributed by atoms with Crippen LogP contribution in [0.4, 0.5) is 0 Å². The maximum absolute atomic E-state index is 12.7. The number of aromatic nitrogens is 4. The van der Waals surface area contributed by atoms with Crippen molar-refractivity contribution >= 4 is 5.91 Å². The van der Waals surface area contributed by atoms with E-state index in [1.165, 1.54) is 0 Å². The second-order valence-corrected chi connectivity index (χ2v) is 7.37. The topological polar surface area (TPSA) is 82.4 Å². The zero-order valence-electron chi connectivity index (χ0n) is 15.6. The highest BCUT2D eigenvalue weighted by atomic mass is 16.5. The molecule has 1 amide bonds. The van der Waals surface area contributed by atoms with Crippen LogP contribution in [0.25, 0.3) is 0 Å². The molecule has 0 bridgehead atoms. The van der Waals surface area contributed by atoms with Crippen molar-refractivity contribution < 1.29 is 14.3 Å². The van der Waals surface area contributed by atoms with Gasteiger partial charge >= 0.3 is 0 Å². The number of carbonyl (C=O) groups excluding carboxylic acids is 1. The Morgan fingerprint density at radius 3 is 2.85 bits per heavy atom. The lowest BCUT2D eigenvalue weighted by Gasteiger charge is -2.48. The predicted molar refractivity (Wildman–Crippen MR) is 97.2 cm³/mol. The molecule has 2 aliphatic rings. The maximum Gasteiger partial charge on any atom is 0.272 e. The van der Waals surface area contributed by atoms with E-state index in [-0.39, 0.29) is 11.3 Å². The largest absolute Gasteiger partial charge is 0.476 e. The molecule has 8 nitrogen and oxygen atoms in total. The summed E-state index contributed by atoms with van der Waals surface area (Å²) in [6, 6.07) is 1.78. The van der Waals surface area contributed by atoms with Gasteiger partial charge in [0.1, 0.15) is 5.69 Å². The van der Waals surface area contributed by atoms with Crippen molar-refractivity contribution in [3.8, 4) is 5.88 Å². The molecule has 0 aliphatic carbocycles. The Morgan fingerprint density at radius 2 is 2.15 bits per heavy atom. The molecule has 8 heteroatoms. The monoisotopic (exact) mass is 371 g/mol. The highest BCUT2D eigenvalue weighted by Gasteiger charge is 2.44. The minimum Gasteiger partial charge on any atom is -0.476 e. The number of hydrogen-bond acceptors (Lipinski definition) is 6. The van der Waals surface area contributed by atoms with Crippen molar-refractivity contribution in [1.82, 2.24) is 24.6 Å². The summed E-state index contributed by atoms with van der Waals surface area (Å²) in [5.41, 5.74) is 0.796. The summed E-state index contributed by atoms with van der Waals surface area (Å²) in [6.45, 7) is 3.54. The van der Waals surface area contributed by atoms with E-state index in [1.807, 2.05) is 4.90 Å². The number of likely N-dealkylation sites (tertiary alicyclic amines) is 1. The Kier molecular flexibility index (Phi) is 5.07. The number of amides is 1. The summed E-state index contributed by atoms with van der Waals surface area (Å²) in [4.78, 5) is 22.9. The van der Waals surface area contributed by atoms with E-state index in [4.69, 9.17) is 9.47 Å². The molecule has 2 aromatic heterocycles. The van der Waals surface area contributed by atoms with Crippen molar-refractivity contribution in [3.05, 3.63) is 36.5 Å². The van der Waals surface area contributed by atoms with Gasteiger partial charge in [0.25, 0.3) is 5.91 Å². The van der Waals surface area contributed by atoms with Crippen molar-refractivity contribution in [2.75, 3.05) is 32.9 Å². The minimum absolute atomic E-state index is 0.0595. The van der Waals surface area contributed by atoms with Gasteiger partial charge in [0.2, 0.25) is 5.88 Å². The molecule has 4 heterocycles. The Morgan fingerprint density at radius 1 is 1.30 bits per heavy atom. The predicted octanol–water partition coefficient (Wildman–Crippen LogP) is 1.55. The van der Waals surface area contributed by atoms with Gasteiger partial charge in [-0.05, 0) is 30.7 Å². The van der Waals surface area contributed by atoms with Crippen molar-refractivity contribution in [2.45, 2.75) is 19.3 Å². The van der Waals surface area contributed by atoms with Gasteiger partial charge in [-0.1, -0.05) is 0 Å². The smallest absolute Gasteiger partial charge is 0.272 e. The van der Waals surface area contributed by atoms with E-state index >= 15 is 0 Å². The Bertz CT molecular complexity index is 771. The first kappa shape index (κ1) is 17.9. The summed E-state index contributed by atoms with van der Waals surface area (Å²) in [6.07, 6.45) is 9.50. The molecule has 0 radical (unpaired) electrons. The maximum atomic E-state index is 12.7. The Labute approximate surface area is 158 Å². The van der Waals surface area contributed by atoms with E-state index in [0.717, 1.165) is 39.0 Å².